The van der Waals surface area contributed by atoms with Gasteiger partial charge in [-0.05, 0) is 23.7 Å². The van der Waals surface area contributed by atoms with Crippen LogP contribution >= 0.6 is 0 Å². The summed E-state index contributed by atoms with van der Waals surface area (Å²) in [6.07, 6.45) is 14.6. The maximum Gasteiger partial charge on any atom is -0.0420 e. The zero-order valence-corrected chi connectivity index (χ0v) is 15.4. The van der Waals surface area contributed by atoms with Crippen molar-refractivity contribution in [3.63, 3.8) is 0 Å². The molecule has 0 heteroatoms. The SMILES string of the molecule is CC(C)C(C)CCCCCCCCCCC(C)C(C)C. The van der Waals surface area contributed by atoms with Crippen LogP contribution in [0.2, 0.25) is 0 Å². The van der Waals surface area contributed by atoms with Crippen LogP contribution in [0.5, 0.6) is 0 Å². The number of hydrogen-bond donors (Lipinski definition) is 0. The maximum absolute atomic E-state index is 2.41. The Hall–Kier alpha value is 0. The summed E-state index contributed by atoms with van der Waals surface area (Å²) in [7, 11) is 0. The van der Waals surface area contributed by atoms with Crippen molar-refractivity contribution in [2.75, 3.05) is 0 Å². The van der Waals surface area contributed by atoms with Gasteiger partial charge in [0.05, 0.1) is 0 Å². The van der Waals surface area contributed by atoms with E-state index in [-0.39, 0.29) is 0 Å². The second-order valence-corrected chi connectivity index (χ2v) is 7.85. The first kappa shape index (κ1) is 20.0. The van der Waals surface area contributed by atoms with Gasteiger partial charge in [0.2, 0.25) is 0 Å². The van der Waals surface area contributed by atoms with E-state index >= 15 is 0 Å². The highest BCUT2D eigenvalue weighted by Gasteiger charge is 2.06. The van der Waals surface area contributed by atoms with Gasteiger partial charge >= 0.3 is 0 Å². The molecule has 2 atom stereocenters. The van der Waals surface area contributed by atoms with Crippen molar-refractivity contribution in [1.29, 1.82) is 0 Å². The number of rotatable bonds is 13. The van der Waals surface area contributed by atoms with E-state index in [1.165, 1.54) is 64.2 Å². The van der Waals surface area contributed by atoms with Gasteiger partial charge in [-0.2, -0.15) is 0 Å². The maximum atomic E-state index is 2.41. The quantitative estimate of drug-likeness (QED) is 0.307. The molecular weight excluding hydrogens is 240 g/mol. The van der Waals surface area contributed by atoms with Gasteiger partial charge in [-0.25, -0.2) is 0 Å². The molecule has 0 saturated carbocycles. The van der Waals surface area contributed by atoms with Crippen molar-refractivity contribution in [1.82, 2.24) is 0 Å². The van der Waals surface area contributed by atoms with Gasteiger partial charge in [-0.15, -0.1) is 0 Å². The lowest BCUT2D eigenvalue weighted by Gasteiger charge is -2.15. The van der Waals surface area contributed by atoms with Crippen LogP contribution in [0.4, 0.5) is 0 Å². The lowest BCUT2D eigenvalue weighted by Crippen LogP contribution is -2.03. The Morgan fingerprint density at radius 2 is 0.650 bits per heavy atom. The van der Waals surface area contributed by atoms with Crippen molar-refractivity contribution in [3.8, 4) is 0 Å². The molecular formula is C20H42. The molecule has 0 saturated heterocycles. The predicted molar refractivity (Wildman–Crippen MR) is 94.2 cm³/mol. The minimum Gasteiger partial charge on any atom is -0.0625 e. The third kappa shape index (κ3) is 11.8. The van der Waals surface area contributed by atoms with E-state index in [0.29, 0.717) is 0 Å². The van der Waals surface area contributed by atoms with Crippen LogP contribution in [-0.2, 0) is 0 Å². The fourth-order valence-electron chi connectivity index (χ4n) is 2.66. The Morgan fingerprint density at radius 1 is 0.400 bits per heavy atom. The first-order valence-corrected chi connectivity index (χ1v) is 9.45. The molecule has 0 heterocycles. The minimum atomic E-state index is 0.864. The highest BCUT2D eigenvalue weighted by molar-refractivity contribution is 4.59. The Kier molecular flexibility index (Phi) is 12.7. The zero-order valence-electron chi connectivity index (χ0n) is 15.4. The average Bonchev–Trinajstić information content (AvgIpc) is 2.39. The molecule has 2 unspecified atom stereocenters. The van der Waals surface area contributed by atoms with Crippen LogP contribution < -0.4 is 0 Å². The van der Waals surface area contributed by atoms with Crippen LogP contribution in [-0.4, -0.2) is 0 Å². The Balaban J connectivity index is 3.18. The monoisotopic (exact) mass is 282 g/mol. The van der Waals surface area contributed by atoms with E-state index in [1.807, 2.05) is 0 Å². The fraction of sp³-hybridized carbons (Fsp3) is 1.00. The molecule has 0 radical (unpaired) electrons. The molecule has 0 aromatic rings. The van der Waals surface area contributed by atoms with E-state index in [0.717, 1.165) is 23.7 Å². The third-order valence-electron chi connectivity index (χ3n) is 5.35. The summed E-state index contributed by atoms with van der Waals surface area (Å²) in [4.78, 5) is 0. The van der Waals surface area contributed by atoms with Crippen molar-refractivity contribution < 1.29 is 0 Å². The largest absolute Gasteiger partial charge is 0.0625 e. The second kappa shape index (κ2) is 12.7. The number of hydrogen-bond acceptors (Lipinski definition) is 0. The van der Waals surface area contributed by atoms with E-state index in [1.54, 1.807) is 0 Å². The molecule has 0 nitrogen and oxygen atoms in total. The van der Waals surface area contributed by atoms with Crippen LogP contribution in [0.25, 0.3) is 0 Å². The lowest BCUT2D eigenvalue weighted by atomic mass is 9.91. The zero-order chi connectivity index (χ0) is 15.4. The van der Waals surface area contributed by atoms with Crippen molar-refractivity contribution in [3.05, 3.63) is 0 Å². The van der Waals surface area contributed by atoms with Gasteiger partial charge < -0.3 is 0 Å². The minimum absolute atomic E-state index is 0.864. The molecule has 0 amide bonds. The second-order valence-electron chi connectivity index (χ2n) is 7.85. The molecule has 0 N–H and O–H groups in total. The molecule has 0 spiro atoms. The van der Waals surface area contributed by atoms with E-state index in [4.69, 9.17) is 0 Å². The van der Waals surface area contributed by atoms with Gasteiger partial charge in [-0.3, -0.25) is 0 Å². The summed E-state index contributed by atoms with van der Waals surface area (Å²) in [6, 6.07) is 0. The van der Waals surface area contributed by atoms with Crippen LogP contribution in [0.3, 0.4) is 0 Å². The topological polar surface area (TPSA) is 0 Å². The van der Waals surface area contributed by atoms with Crippen LogP contribution in [0, 0.1) is 23.7 Å². The molecule has 0 fully saturated rings. The Morgan fingerprint density at radius 3 is 0.900 bits per heavy atom. The molecule has 20 heavy (non-hydrogen) atoms. The predicted octanol–water partition coefficient (Wildman–Crippen LogP) is 7.47. The highest BCUT2D eigenvalue weighted by atomic mass is 14.1. The van der Waals surface area contributed by atoms with Crippen LogP contribution in [0.15, 0.2) is 0 Å². The molecule has 0 bridgehead atoms. The van der Waals surface area contributed by atoms with Gasteiger partial charge in [-0.1, -0.05) is 106 Å². The lowest BCUT2D eigenvalue weighted by molar-refractivity contribution is 0.370. The van der Waals surface area contributed by atoms with Crippen LogP contribution in [0.1, 0.15) is 106 Å². The summed E-state index contributed by atoms with van der Waals surface area (Å²) in [5, 5.41) is 0. The molecule has 0 aromatic carbocycles. The highest BCUT2D eigenvalue weighted by Crippen LogP contribution is 2.20. The summed E-state index contributed by atoms with van der Waals surface area (Å²) in [6.45, 7) is 14.2. The summed E-state index contributed by atoms with van der Waals surface area (Å²) in [5.41, 5.74) is 0. The van der Waals surface area contributed by atoms with Gasteiger partial charge in [0, 0.05) is 0 Å². The smallest absolute Gasteiger partial charge is 0.0420 e. The van der Waals surface area contributed by atoms with E-state index in [2.05, 4.69) is 41.5 Å². The molecule has 0 aliphatic heterocycles. The van der Waals surface area contributed by atoms with E-state index in [9.17, 15) is 0 Å². The van der Waals surface area contributed by atoms with Gasteiger partial charge in [0.1, 0.15) is 0 Å². The molecule has 0 aliphatic rings. The van der Waals surface area contributed by atoms with Gasteiger partial charge in [0.25, 0.3) is 0 Å². The summed E-state index contributed by atoms with van der Waals surface area (Å²) < 4.78 is 0. The number of unbranched alkanes of at least 4 members (excludes halogenated alkanes) is 7. The molecule has 0 aliphatic carbocycles. The third-order valence-corrected chi connectivity index (χ3v) is 5.35. The molecule has 122 valence electrons. The molecule has 0 aromatic heterocycles. The standard InChI is InChI=1S/C20H42/c1-17(2)19(5)15-13-11-9-7-8-10-12-14-16-20(6)18(3)4/h17-20H,7-16H2,1-6H3. The van der Waals surface area contributed by atoms with Crippen molar-refractivity contribution in [2.45, 2.75) is 106 Å². The Bertz CT molecular complexity index is 170. The summed E-state index contributed by atoms with van der Waals surface area (Å²) in [5.74, 6) is 3.56. The first-order valence-electron chi connectivity index (χ1n) is 9.45. The van der Waals surface area contributed by atoms with Crippen molar-refractivity contribution >= 4 is 0 Å². The first-order chi connectivity index (χ1) is 9.45. The average molecular weight is 283 g/mol. The van der Waals surface area contributed by atoms with Crippen molar-refractivity contribution in [2.24, 2.45) is 23.7 Å². The van der Waals surface area contributed by atoms with Gasteiger partial charge in [0.15, 0.2) is 0 Å². The Labute approximate surface area is 130 Å². The molecule has 0 rings (SSSR count). The summed E-state index contributed by atoms with van der Waals surface area (Å²) >= 11 is 0. The fourth-order valence-corrected chi connectivity index (χ4v) is 2.66. The normalized spacial score (nSPS) is 15.0. The van der Waals surface area contributed by atoms with E-state index < -0.39 is 0 Å².